The molecule has 68 valence electrons. The van der Waals surface area contributed by atoms with Gasteiger partial charge in [0.15, 0.2) is 0 Å². The molecular formula is C9H15NS2. The van der Waals surface area contributed by atoms with E-state index in [2.05, 4.69) is 43.8 Å². The molecule has 0 spiro atoms. The van der Waals surface area contributed by atoms with Gasteiger partial charge in [-0.2, -0.15) is 12.6 Å². The Labute approximate surface area is 83.6 Å². The van der Waals surface area contributed by atoms with Crippen molar-refractivity contribution < 1.29 is 0 Å². The Morgan fingerprint density at radius 2 is 2.17 bits per heavy atom. The SMILES string of the molecule is CC(C)c1csc(C(C)CS)n1. The van der Waals surface area contributed by atoms with Crippen LogP contribution in [0.1, 0.15) is 43.3 Å². The van der Waals surface area contributed by atoms with Gasteiger partial charge in [0, 0.05) is 11.3 Å². The molecule has 1 unspecified atom stereocenters. The molecule has 0 radical (unpaired) electrons. The lowest BCUT2D eigenvalue weighted by molar-refractivity contribution is 0.798. The van der Waals surface area contributed by atoms with Gasteiger partial charge in [-0.25, -0.2) is 4.98 Å². The number of aromatic nitrogens is 1. The Bertz CT molecular complexity index is 242. The van der Waals surface area contributed by atoms with Crippen molar-refractivity contribution in [2.75, 3.05) is 5.75 Å². The van der Waals surface area contributed by atoms with E-state index >= 15 is 0 Å². The molecule has 1 aromatic rings. The summed E-state index contributed by atoms with van der Waals surface area (Å²) in [5.74, 6) is 1.92. The van der Waals surface area contributed by atoms with Crippen molar-refractivity contribution >= 4 is 24.0 Å². The molecule has 0 amide bonds. The highest BCUT2D eigenvalue weighted by Gasteiger charge is 2.10. The van der Waals surface area contributed by atoms with Crippen LogP contribution in [0, 0.1) is 0 Å². The molecule has 1 rings (SSSR count). The summed E-state index contributed by atoms with van der Waals surface area (Å²) in [6.07, 6.45) is 0. The van der Waals surface area contributed by atoms with Crippen LogP contribution in [0.15, 0.2) is 5.38 Å². The van der Waals surface area contributed by atoms with E-state index in [1.165, 1.54) is 10.7 Å². The number of thiol groups is 1. The van der Waals surface area contributed by atoms with Gasteiger partial charge in [-0.1, -0.05) is 20.8 Å². The second-order valence-corrected chi connectivity index (χ2v) is 4.60. The van der Waals surface area contributed by atoms with Crippen LogP contribution < -0.4 is 0 Å². The van der Waals surface area contributed by atoms with E-state index in [-0.39, 0.29) is 0 Å². The summed E-state index contributed by atoms with van der Waals surface area (Å²) in [4.78, 5) is 4.55. The molecule has 1 aromatic heterocycles. The standard InChI is InChI=1S/C9H15NS2/c1-6(2)8-5-12-9(10-8)7(3)4-11/h5-7,11H,4H2,1-3H3. The number of rotatable bonds is 3. The van der Waals surface area contributed by atoms with E-state index in [4.69, 9.17) is 0 Å². The molecule has 1 nitrogen and oxygen atoms in total. The highest BCUT2D eigenvalue weighted by molar-refractivity contribution is 7.80. The molecule has 0 aliphatic carbocycles. The van der Waals surface area contributed by atoms with Gasteiger partial charge in [-0.05, 0) is 11.7 Å². The van der Waals surface area contributed by atoms with Crippen molar-refractivity contribution in [2.24, 2.45) is 0 Å². The Kier molecular flexibility index (Phi) is 3.59. The largest absolute Gasteiger partial charge is 0.246 e. The zero-order valence-corrected chi connectivity index (χ0v) is 9.45. The summed E-state index contributed by atoms with van der Waals surface area (Å²) in [5.41, 5.74) is 1.21. The number of hydrogen-bond acceptors (Lipinski definition) is 3. The van der Waals surface area contributed by atoms with Gasteiger partial charge < -0.3 is 0 Å². The summed E-state index contributed by atoms with van der Waals surface area (Å²) >= 11 is 6.01. The summed E-state index contributed by atoms with van der Waals surface area (Å²) in [7, 11) is 0. The maximum absolute atomic E-state index is 4.55. The summed E-state index contributed by atoms with van der Waals surface area (Å²) in [6, 6.07) is 0. The Morgan fingerprint density at radius 1 is 1.50 bits per heavy atom. The van der Waals surface area contributed by atoms with Gasteiger partial charge in [0.05, 0.1) is 10.7 Å². The fourth-order valence-electron chi connectivity index (χ4n) is 0.870. The minimum Gasteiger partial charge on any atom is -0.246 e. The van der Waals surface area contributed by atoms with Crippen LogP contribution in [0.25, 0.3) is 0 Å². The van der Waals surface area contributed by atoms with Crippen molar-refractivity contribution in [3.05, 3.63) is 16.1 Å². The lowest BCUT2D eigenvalue weighted by Gasteiger charge is -2.02. The van der Waals surface area contributed by atoms with Crippen LogP contribution >= 0.6 is 24.0 Å². The van der Waals surface area contributed by atoms with Crippen LogP contribution in [0.5, 0.6) is 0 Å². The average Bonchev–Trinajstić information content (AvgIpc) is 2.51. The van der Waals surface area contributed by atoms with Crippen molar-refractivity contribution in [1.29, 1.82) is 0 Å². The molecular weight excluding hydrogens is 186 g/mol. The van der Waals surface area contributed by atoms with Crippen LogP contribution in [0.2, 0.25) is 0 Å². The molecule has 1 atom stereocenters. The van der Waals surface area contributed by atoms with Crippen LogP contribution in [0.4, 0.5) is 0 Å². The first-order valence-electron chi connectivity index (χ1n) is 4.21. The first-order chi connectivity index (χ1) is 5.65. The van der Waals surface area contributed by atoms with Crippen LogP contribution in [-0.4, -0.2) is 10.7 Å². The van der Waals surface area contributed by atoms with Crippen molar-refractivity contribution in [1.82, 2.24) is 4.98 Å². The highest BCUT2D eigenvalue weighted by atomic mass is 32.1. The maximum Gasteiger partial charge on any atom is 0.0964 e. The molecule has 0 aliphatic rings. The first kappa shape index (κ1) is 10.1. The number of nitrogens with zero attached hydrogens (tertiary/aromatic N) is 1. The fourth-order valence-corrected chi connectivity index (χ4v) is 2.21. The van der Waals surface area contributed by atoms with E-state index in [0.717, 1.165) is 5.75 Å². The molecule has 12 heavy (non-hydrogen) atoms. The molecule has 0 aliphatic heterocycles. The molecule has 3 heteroatoms. The Morgan fingerprint density at radius 3 is 2.58 bits per heavy atom. The monoisotopic (exact) mass is 201 g/mol. The summed E-state index contributed by atoms with van der Waals surface area (Å²) < 4.78 is 0. The average molecular weight is 201 g/mol. The molecule has 1 heterocycles. The molecule has 0 bridgehead atoms. The molecule has 0 fully saturated rings. The lowest BCUT2D eigenvalue weighted by Crippen LogP contribution is -1.95. The smallest absolute Gasteiger partial charge is 0.0964 e. The normalized spacial score (nSPS) is 13.8. The van der Waals surface area contributed by atoms with Crippen molar-refractivity contribution in [3.8, 4) is 0 Å². The lowest BCUT2D eigenvalue weighted by atomic mass is 10.1. The van der Waals surface area contributed by atoms with Gasteiger partial charge in [-0.3, -0.25) is 0 Å². The van der Waals surface area contributed by atoms with Gasteiger partial charge in [0.2, 0.25) is 0 Å². The fraction of sp³-hybridized carbons (Fsp3) is 0.667. The minimum absolute atomic E-state index is 0.492. The maximum atomic E-state index is 4.55. The van der Waals surface area contributed by atoms with E-state index in [1.54, 1.807) is 11.3 Å². The first-order valence-corrected chi connectivity index (χ1v) is 5.72. The predicted octanol–water partition coefficient (Wildman–Crippen LogP) is 3.30. The summed E-state index contributed by atoms with van der Waals surface area (Å²) in [6.45, 7) is 6.50. The van der Waals surface area contributed by atoms with Crippen molar-refractivity contribution in [2.45, 2.75) is 32.6 Å². The van der Waals surface area contributed by atoms with Gasteiger partial charge in [-0.15, -0.1) is 11.3 Å². The number of thiazole rings is 1. The summed E-state index contributed by atoms with van der Waals surface area (Å²) in [5, 5.41) is 3.37. The van der Waals surface area contributed by atoms with Gasteiger partial charge in [0.1, 0.15) is 0 Å². The third-order valence-electron chi connectivity index (χ3n) is 1.83. The van der Waals surface area contributed by atoms with Gasteiger partial charge >= 0.3 is 0 Å². The van der Waals surface area contributed by atoms with E-state index in [1.807, 2.05) is 0 Å². The van der Waals surface area contributed by atoms with Crippen molar-refractivity contribution in [3.63, 3.8) is 0 Å². The topological polar surface area (TPSA) is 12.9 Å². The minimum atomic E-state index is 0.492. The Balaban J connectivity index is 2.77. The van der Waals surface area contributed by atoms with Gasteiger partial charge in [0.25, 0.3) is 0 Å². The second kappa shape index (κ2) is 4.28. The zero-order chi connectivity index (χ0) is 9.14. The molecule has 0 aromatic carbocycles. The third kappa shape index (κ3) is 2.23. The second-order valence-electron chi connectivity index (χ2n) is 3.35. The molecule has 0 saturated heterocycles. The number of hydrogen-bond donors (Lipinski definition) is 1. The quantitative estimate of drug-likeness (QED) is 0.740. The van der Waals surface area contributed by atoms with Crippen LogP contribution in [0.3, 0.4) is 0 Å². The van der Waals surface area contributed by atoms with E-state index in [0.29, 0.717) is 11.8 Å². The zero-order valence-electron chi connectivity index (χ0n) is 7.74. The predicted molar refractivity (Wildman–Crippen MR) is 58.5 cm³/mol. The molecule has 0 N–H and O–H groups in total. The highest BCUT2D eigenvalue weighted by Crippen LogP contribution is 2.24. The Hall–Kier alpha value is -0.0200. The van der Waals surface area contributed by atoms with Crippen LogP contribution in [-0.2, 0) is 0 Å². The van der Waals surface area contributed by atoms with E-state index in [9.17, 15) is 0 Å². The van der Waals surface area contributed by atoms with E-state index < -0.39 is 0 Å². The third-order valence-corrected chi connectivity index (χ3v) is 3.47. The molecule has 0 saturated carbocycles.